The maximum absolute atomic E-state index is 5.86. The van der Waals surface area contributed by atoms with Crippen molar-refractivity contribution >= 4 is 29.1 Å². The molecule has 0 saturated heterocycles. The first-order chi connectivity index (χ1) is 26.4. The highest BCUT2D eigenvalue weighted by Gasteiger charge is 2.16. The molecule has 0 amide bonds. The van der Waals surface area contributed by atoms with Gasteiger partial charge in [0.1, 0.15) is 28.4 Å². The van der Waals surface area contributed by atoms with Crippen molar-refractivity contribution < 1.29 is 28.4 Å². The predicted molar refractivity (Wildman–Crippen MR) is 211 cm³/mol. The lowest BCUT2D eigenvalue weighted by Crippen LogP contribution is -2.02. The van der Waals surface area contributed by atoms with E-state index in [1.54, 1.807) is 61.1 Å². The van der Waals surface area contributed by atoms with Crippen molar-refractivity contribution in [3.63, 3.8) is 0 Å². The second kappa shape index (κ2) is 19.7. The normalized spacial score (nSPS) is 10.3. The summed E-state index contributed by atoms with van der Waals surface area (Å²) < 4.78 is 32.1. The molecule has 0 fully saturated rings. The molecular weight excluding hydrogens is 728 g/mol. The van der Waals surface area contributed by atoms with Gasteiger partial charge in [-0.2, -0.15) is 10.2 Å². The van der Waals surface area contributed by atoms with Crippen LogP contribution < -0.4 is 39.5 Å². The van der Waals surface area contributed by atoms with Crippen LogP contribution in [0.25, 0.3) is 0 Å². The van der Waals surface area contributed by atoms with Gasteiger partial charge in [0, 0.05) is 47.8 Å². The van der Waals surface area contributed by atoms with Crippen LogP contribution in [0.3, 0.4) is 0 Å². The lowest BCUT2D eigenvalue weighted by atomic mass is 10.1. The van der Waals surface area contributed by atoms with Crippen molar-refractivity contribution in [1.29, 1.82) is 0 Å². The van der Waals surface area contributed by atoms with E-state index >= 15 is 0 Å². The summed E-state index contributed by atoms with van der Waals surface area (Å²) in [7, 11) is 9.50. The van der Waals surface area contributed by atoms with Gasteiger partial charge in [0.2, 0.25) is 11.5 Å². The van der Waals surface area contributed by atoms with Gasteiger partial charge in [-0.15, -0.1) is 0 Å². The molecule has 0 radical (unpaired) electrons. The average molecular weight is 775 g/mol. The molecule has 6 rings (SSSR count). The monoisotopic (exact) mass is 774 g/mol. The third-order valence-corrected chi connectivity index (χ3v) is 8.55. The minimum absolute atomic E-state index is 0.419. The van der Waals surface area contributed by atoms with Crippen LogP contribution in [0.1, 0.15) is 45.3 Å². The molecule has 17 heteroatoms. The molecule has 0 aliphatic rings. The fourth-order valence-electron chi connectivity index (χ4n) is 5.09. The Labute approximate surface area is 325 Å². The van der Waals surface area contributed by atoms with Gasteiger partial charge in [0.15, 0.2) is 28.8 Å². The number of halogens is 1. The fourth-order valence-corrected chi connectivity index (χ4v) is 5.24. The quantitative estimate of drug-likeness (QED) is 0.0977. The third-order valence-electron chi connectivity index (χ3n) is 8.34. The SMILES string of the molecule is COc1cc(Cc2nccc(Cl)n2)cc(OC)c1OC.COc1cc(Cc2nccc(Nc3n[nH]c(C)c3C)n2)cc(OC)c1OC.Cc1[nH]nc(N)c1C. The lowest BCUT2D eigenvalue weighted by Gasteiger charge is -2.14. The highest BCUT2D eigenvalue weighted by atomic mass is 35.5. The molecule has 0 spiro atoms. The molecule has 292 valence electrons. The van der Waals surface area contributed by atoms with Crippen LogP contribution in [0.15, 0.2) is 48.8 Å². The smallest absolute Gasteiger partial charge is 0.203 e. The minimum Gasteiger partial charge on any atom is -0.493 e. The van der Waals surface area contributed by atoms with E-state index < -0.39 is 0 Å². The van der Waals surface area contributed by atoms with Crippen LogP contribution in [0, 0.1) is 27.7 Å². The van der Waals surface area contributed by atoms with Crippen molar-refractivity contribution in [2.24, 2.45) is 0 Å². The second-order valence-corrected chi connectivity index (χ2v) is 12.3. The second-order valence-electron chi connectivity index (χ2n) is 11.9. The van der Waals surface area contributed by atoms with Crippen LogP contribution >= 0.6 is 11.6 Å². The van der Waals surface area contributed by atoms with E-state index in [1.807, 2.05) is 58.0 Å². The summed E-state index contributed by atoms with van der Waals surface area (Å²) in [5.74, 6) is 6.86. The summed E-state index contributed by atoms with van der Waals surface area (Å²) in [6.45, 7) is 7.86. The topological polar surface area (TPSA) is 202 Å². The van der Waals surface area contributed by atoms with Crippen molar-refractivity contribution in [2.75, 3.05) is 53.7 Å². The van der Waals surface area contributed by atoms with Crippen molar-refractivity contribution in [1.82, 2.24) is 40.3 Å². The molecule has 0 unspecified atom stereocenters. The van der Waals surface area contributed by atoms with Crippen LogP contribution in [-0.4, -0.2) is 83.0 Å². The number of aromatic amines is 2. The van der Waals surface area contributed by atoms with Gasteiger partial charge >= 0.3 is 0 Å². The third kappa shape index (κ3) is 10.9. The highest BCUT2D eigenvalue weighted by Crippen LogP contribution is 2.39. The molecule has 0 aliphatic heterocycles. The molecule has 0 atom stereocenters. The number of ether oxygens (including phenoxy) is 6. The van der Waals surface area contributed by atoms with E-state index in [1.165, 1.54) is 0 Å². The molecule has 0 aliphatic carbocycles. The Morgan fingerprint density at radius 3 is 1.44 bits per heavy atom. The van der Waals surface area contributed by atoms with Gasteiger partial charge in [0.25, 0.3) is 0 Å². The number of hydrogen-bond donors (Lipinski definition) is 4. The molecule has 0 bridgehead atoms. The number of hydrogen-bond acceptors (Lipinski definition) is 14. The van der Waals surface area contributed by atoms with Gasteiger partial charge in [-0.1, -0.05) is 11.6 Å². The fraction of sp³-hybridized carbons (Fsp3) is 0.316. The van der Waals surface area contributed by atoms with E-state index in [0.717, 1.165) is 39.5 Å². The van der Waals surface area contributed by atoms with Crippen LogP contribution in [0.2, 0.25) is 5.15 Å². The van der Waals surface area contributed by atoms with E-state index in [9.17, 15) is 0 Å². The first-order valence-electron chi connectivity index (χ1n) is 16.9. The summed E-state index contributed by atoms with van der Waals surface area (Å²) in [4.78, 5) is 17.3. The first-order valence-corrected chi connectivity index (χ1v) is 17.2. The Balaban J connectivity index is 0.000000209. The number of benzene rings is 2. The largest absolute Gasteiger partial charge is 0.493 e. The summed E-state index contributed by atoms with van der Waals surface area (Å²) in [6.07, 6.45) is 4.39. The number of nitrogens with one attached hydrogen (secondary N) is 3. The number of nitrogen functional groups attached to an aromatic ring is 1. The van der Waals surface area contributed by atoms with Crippen molar-refractivity contribution in [2.45, 2.75) is 40.5 Å². The first kappa shape index (κ1) is 41.5. The zero-order chi connectivity index (χ0) is 40.1. The maximum atomic E-state index is 5.86. The Morgan fingerprint density at radius 2 is 1.07 bits per heavy atom. The summed E-state index contributed by atoms with van der Waals surface area (Å²) >= 11 is 5.86. The van der Waals surface area contributed by atoms with Crippen molar-refractivity contribution in [3.8, 4) is 34.5 Å². The molecule has 5 N–H and O–H groups in total. The van der Waals surface area contributed by atoms with E-state index in [0.29, 0.717) is 75.8 Å². The molecule has 2 aromatic carbocycles. The van der Waals surface area contributed by atoms with Crippen LogP contribution in [-0.2, 0) is 12.8 Å². The maximum Gasteiger partial charge on any atom is 0.203 e. The van der Waals surface area contributed by atoms with Gasteiger partial charge in [-0.3, -0.25) is 10.2 Å². The minimum atomic E-state index is 0.419. The molecule has 4 aromatic heterocycles. The Morgan fingerprint density at radius 1 is 0.618 bits per heavy atom. The lowest BCUT2D eigenvalue weighted by molar-refractivity contribution is 0.324. The van der Waals surface area contributed by atoms with Crippen LogP contribution in [0.4, 0.5) is 17.5 Å². The molecule has 55 heavy (non-hydrogen) atoms. The number of aromatic nitrogens is 8. The summed E-state index contributed by atoms with van der Waals surface area (Å²) in [5, 5.41) is 17.4. The van der Waals surface area contributed by atoms with Crippen LogP contribution in [0.5, 0.6) is 34.5 Å². The summed E-state index contributed by atoms with van der Waals surface area (Å²) in [5.41, 5.74) is 11.5. The average Bonchev–Trinajstić information content (AvgIpc) is 3.67. The number of methoxy groups -OCH3 is 6. The van der Waals surface area contributed by atoms with Gasteiger partial charge < -0.3 is 39.5 Å². The Bertz CT molecular complexity index is 2100. The van der Waals surface area contributed by atoms with Gasteiger partial charge in [-0.25, -0.2) is 19.9 Å². The molecule has 6 aromatic rings. The highest BCUT2D eigenvalue weighted by molar-refractivity contribution is 6.29. The zero-order valence-corrected chi connectivity index (χ0v) is 33.4. The number of H-pyrrole nitrogens is 2. The predicted octanol–water partition coefficient (Wildman–Crippen LogP) is 6.53. The number of nitrogens with zero attached hydrogens (tertiary/aromatic N) is 6. The van der Waals surface area contributed by atoms with E-state index in [2.05, 4.69) is 45.6 Å². The standard InChI is InChI=1S/C19H23N5O3.C14H15ClN2O3.C5H9N3/c1-11-12(2)23-24-19(11)22-16-6-7-20-17(21-16)10-13-8-14(25-3)18(27-5)15(9-13)26-4;1-18-10-6-9(7-11(19-2)14(10)20-3)8-13-16-5-4-12(15)17-13;1-3-4(2)7-8-5(3)6/h6-9H,10H2,1-5H3,(H2,20,21,22,23,24);4-7H,8H2,1-3H3;1-2H3,(H3,6,7,8). The summed E-state index contributed by atoms with van der Waals surface area (Å²) in [6, 6.07) is 11.0. The number of rotatable bonds is 12. The van der Waals surface area contributed by atoms with E-state index in [-0.39, 0.29) is 0 Å². The molecule has 16 nitrogen and oxygen atoms in total. The zero-order valence-electron chi connectivity index (χ0n) is 32.6. The van der Waals surface area contributed by atoms with Gasteiger partial charge in [-0.05, 0) is 75.2 Å². The Kier molecular flexibility index (Phi) is 14.8. The number of anilines is 3. The van der Waals surface area contributed by atoms with Crippen molar-refractivity contribution in [3.05, 3.63) is 99.2 Å². The van der Waals surface area contributed by atoms with Gasteiger partial charge in [0.05, 0.1) is 42.7 Å². The number of nitrogens with two attached hydrogens (primary N) is 1. The number of aryl methyl sites for hydroxylation is 2. The van der Waals surface area contributed by atoms with E-state index in [4.69, 9.17) is 45.8 Å². The Hall–Kier alpha value is -6.29. The molecule has 4 heterocycles. The molecular formula is C38H47ClN10O6. The molecule has 0 saturated carbocycles.